The van der Waals surface area contributed by atoms with Crippen LogP contribution >= 0.6 is 11.3 Å². The lowest BCUT2D eigenvalue weighted by Gasteiger charge is -2.29. The molecule has 1 aliphatic rings. The van der Waals surface area contributed by atoms with E-state index in [2.05, 4.69) is 23.7 Å². The van der Waals surface area contributed by atoms with Crippen LogP contribution in [0.15, 0.2) is 52.7 Å². The zero-order chi connectivity index (χ0) is 25.5. The Morgan fingerprint density at radius 2 is 1.78 bits per heavy atom. The molecule has 1 fully saturated rings. The molecule has 3 aromatic rings. The van der Waals surface area contributed by atoms with E-state index in [4.69, 9.17) is 14.2 Å². The third kappa shape index (κ3) is 6.83. The SMILES string of the molecule is COc1ccc(S(=O)(=O)N(CCN2CCOCC2)Cc2csc(COc3ccc(C)c(C)c3)n2)cc1. The van der Waals surface area contributed by atoms with Crippen molar-refractivity contribution in [3.8, 4) is 11.5 Å². The van der Waals surface area contributed by atoms with E-state index in [0.717, 1.165) is 23.8 Å². The summed E-state index contributed by atoms with van der Waals surface area (Å²) in [4.78, 5) is 7.13. The summed E-state index contributed by atoms with van der Waals surface area (Å²) in [6.07, 6.45) is 0. The maximum Gasteiger partial charge on any atom is 0.243 e. The molecule has 0 bridgehead atoms. The average molecular weight is 532 g/mol. The molecule has 2 aromatic carbocycles. The molecular formula is C26H33N3O5S2. The summed E-state index contributed by atoms with van der Waals surface area (Å²) in [6, 6.07) is 12.5. The van der Waals surface area contributed by atoms with Crippen molar-refractivity contribution in [2.45, 2.75) is 31.9 Å². The van der Waals surface area contributed by atoms with Crippen molar-refractivity contribution in [1.82, 2.24) is 14.2 Å². The first-order valence-corrected chi connectivity index (χ1v) is 14.2. The van der Waals surface area contributed by atoms with Crippen LogP contribution < -0.4 is 9.47 Å². The number of hydrogen-bond acceptors (Lipinski definition) is 8. The van der Waals surface area contributed by atoms with E-state index in [1.165, 1.54) is 26.8 Å². The topological polar surface area (TPSA) is 81.2 Å². The number of benzene rings is 2. The molecule has 1 saturated heterocycles. The molecule has 1 aliphatic heterocycles. The van der Waals surface area contributed by atoms with Crippen LogP contribution in [0.5, 0.6) is 11.5 Å². The Morgan fingerprint density at radius 1 is 1.06 bits per heavy atom. The highest BCUT2D eigenvalue weighted by Gasteiger charge is 2.26. The third-order valence-corrected chi connectivity index (χ3v) is 8.98. The second-order valence-corrected chi connectivity index (χ2v) is 11.6. The first kappa shape index (κ1) is 26.6. The summed E-state index contributed by atoms with van der Waals surface area (Å²) in [5.74, 6) is 1.41. The highest BCUT2D eigenvalue weighted by molar-refractivity contribution is 7.89. The quantitative estimate of drug-likeness (QED) is 0.372. The van der Waals surface area contributed by atoms with E-state index in [0.29, 0.717) is 44.4 Å². The van der Waals surface area contributed by atoms with Gasteiger partial charge in [0, 0.05) is 31.6 Å². The predicted octanol–water partition coefficient (Wildman–Crippen LogP) is 3.87. The van der Waals surface area contributed by atoms with Gasteiger partial charge in [0.05, 0.1) is 37.5 Å². The Balaban J connectivity index is 1.47. The van der Waals surface area contributed by atoms with Crippen LogP contribution in [-0.2, 0) is 27.9 Å². The van der Waals surface area contributed by atoms with Crippen LogP contribution in [0.25, 0.3) is 0 Å². The van der Waals surface area contributed by atoms with Crippen LogP contribution in [0, 0.1) is 13.8 Å². The van der Waals surface area contributed by atoms with Gasteiger partial charge in [-0.25, -0.2) is 13.4 Å². The zero-order valence-corrected chi connectivity index (χ0v) is 22.6. The molecule has 0 amide bonds. The fourth-order valence-corrected chi connectivity index (χ4v) is 5.97. The molecular weight excluding hydrogens is 498 g/mol. The maximum absolute atomic E-state index is 13.6. The number of thiazole rings is 1. The lowest BCUT2D eigenvalue weighted by molar-refractivity contribution is 0.0361. The summed E-state index contributed by atoms with van der Waals surface area (Å²) >= 11 is 1.47. The first-order valence-electron chi connectivity index (χ1n) is 11.9. The number of nitrogens with zero attached hydrogens (tertiary/aromatic N) is 3. The van der Waals surface area contributed by atoms with Gasteiger partial charge in [0.2, 0.25) is 10.0 Å². The number of aromatic nitrogens is 1. The number of ether oxygens (including phenoxy) is 3. The molecule has 1 aromatic heterocycles. The molecule has 10 heteroatoms. The van der Waals surface area contributed by atoms with Crippen molar-refractivity contribution in [2.24, 2.45) is 0 Å². The largest absolute Gasteiger partial charge is 0.497 e. The van der Waals surface area contributed by atoms with Gasteiger partial charge >= 0.3 is 0 Å². The Kier molecular flexibility index (Phi) is 8.97. The van der Waals surface area contributed by atoms with Gasteiger partial charge in [-0.15, -0.1) is 11.3 Å². The van der Waals surface area contributed by atoms with E-state index in [-0.39, 0.29) is 11.4 Å². The van der Waals surface area contributed by atoms with Gasteiger partial charge in [-0.2, -0.15) is 4.31 Å². The van der Waals surface area contributed by atoms with E-state index in [1.807, 2.05) is 23.6 Å². The minimum Gasteiger partial charge on any atom is -0.497 e. The normalized spacial score (nSPS) is 14.8. The average Bonchev–Trinajstić information content (AvgIpc) is 3.35. The smallest absolute Gasteiger partial charge is 0.243 e. The number of rotatable bonds is 11. The lowest BCUT2D eigenvalue weighted by atomic mass is 10.1. The minimum absolute atomic E-state index is 0.193. The highest BCUT2D eigenvalue weighted by Crippen LogP contribution is 2.23. The molecule has 36 heavy (non-hydrogen) atoms. The van der Waals surface area contributed by atoms with E-state index in [1.54, 1.807) is 31.4 Å². The van der Waals surface area contributed by atoms with Gasteiger partial charge in [0.25, 0.3) is 0 Å². The highest BCUT2D eigenvalue weighted by atomic mass is 32.2. The fraction of sp³-hybridized carbons (Fsp3) is 0.423. The van der Waals surface area contributed by atoms with E-state index in [9.17, 15) is 8.42 Å². The van der Waals surface area contributed by atoms with Gasteiger partial charge in [-0.3, -0.25) is 4.90 Å². The number of hydrogen-bond donors (Lipinski definition) is 0. The van der Waals surface area contributed by atoms with E-state index < -0.39 is 10.0 Å². The number of aryl methyl sites for hydroxylation is 2. The minimum atomic E-state index is -3.73. The van der Waals surface area contributed by atoms with Crippen LogP contribution in [-0.4, -0.2) is 69.1 Å². The van der Waals surface area contributed by atoms with Gasteiger partial charge < -0.3 is 14.2 Å². The Labute approximate surface area is 217 Å². The monoisotopic (exact) mass is 531 g/mol. The molecule has 0 aliphatic carbocycles. The van der Waals surface area contributed by atoms with Crippen LogP contribution in [0.1, 0.15) is 21.8 Å². The van der Waals surface area contributed by atoms with Crippen molar-refractivity contribution in [3.05, 3.63) is 69.7 Å². The molecule has 0 radical (unpaired) electrons. The summed E-state index contributed by atoms with van der Waals surface area (Å²) in [5.41, 5.74) is 3.10. The zero-order valence-electron chi connectivity index (χ0n) is 21.0. The van der Waals surface area contributed by atoms with Crippen molar-refractivity contribution in [1.29, 1.82) is 0 Å². The predicted molar refractivity (Wildman–Crippen MR) is 140 cm³/mol. The van der Waals surface area contributed by atoms with Gasteiger partial charge in [-0.1, -0.05) is 6.07 Å². The lowest BCUT2D eigenvalue weighted by Crippen LogP contribution is -2.42. The molecule has 194 valence electrons. The first-order chi connectivity index (χ1) is 17.3. The van der Waals surface area contributed by atoms with E-state index >= 15 is 0 Å². The maximum atomic E-state index is 13.6. The summed E-state index contributed by atoms with van der Waals surface area (Å²) < 4.78 is 45.2. The molecule has 4 rings (SSSR count). The van der Waals surface area contributed by atoms with Crippen molar-refractivity contribution in [2.75, 3.05) is 46.5 Å². The molecule has 0 spiro atoms. The van der Waals surface area contributed by atoms with Crippen LogP contribution in [0.2, 0.25) is 0 Å². The molecule has 0 atom stereocenters. The third-order valence-electron chi connectivity index (χ3n) is 6.24. The summed E-state index contributed by atoms with van der Waals surface area (Å²) in [6.45, 7) is 8.58. The number of methoxy groups -OCH3 is 1. The van der Waals surface area contributed by atoms with Gasteiger partial charge in [0.1, 0.15) is 23.1 Å². The van der Waals surface area contributed by atoms with Crippen LogP contribution in [0.3, 0.4) is 0 Å². The molecule has 0 N–H and O–H groups in total. The Morgan fingerprint density at radius 3 is 2.47 bits per heavy atom. The molecule has 8 nitrogen and oxygen atoms in total. The number of morpholine rings is 1. The van der Waals surface area contributed by atoms with Gasteiger partial charge in [0.15, 0.2) is 0 Å². The molecule has 0 unspecified atom stereocenters. The van der Waals surface area contributed by atoms with Crippen molar-refractivity contribution in [3.63, 3.8) is 0 Å². The second-order valence-electron chi connectivity index (χ2n) is 8.74. The number of sulfonamides is 1. The van der Waals surface area contributed by atoms with Crippen LogP contribution in [0.4, 0.5) is 0 Å². The Bertz CT molecular complexity index is 1240. The van der Waals surface area contributed by atoms with Gasteiger partial charge in [-0.05, 0) is 61.4 Å². The Hall–Kier alpha value is -2.50. The van der Waals surface area contributed by atoms with Crippen molar-refractivity contribution >= 4 is 21.4 Å². The summed E-state index contributed by atoms with van der Waals surface area (Å²) in [7, 11) is -2.17. The van der Waals surface area contributed by atoms with Crippen molar-refractivity contribution < 1.29 is 22.6 Å². The fourth-order valence-electron chi connectivity index (χ4n) is 3.88. The standard InChI is InChI=1S/C26H33N3O5S2/c1-20-4-5-24(16-21(20)2)34-18-26-27-22(19-35-26)17-29(11-10-28-12-14-33-15-13-28)36(30,31)25-8-6-23(32-3)7-9-25/h4-9,16,19H,10-15,17-18H2,1-3H3. The second kappa shape index (κ2) is 12.2. The molecule has 0 saturated carbocycles. The summed E-state index contributed by atoms with van der Waals surface area (Å²) in [5, 5.41) is 2.71. The molecule has 2 heterocycles.